The molecule has 1 N–H and O–H groups in total. The van der Waals surface area contributed by atoms with Crippen molar-refractivity contribution in [2.45, 2.75) is 12.3 Å². The number of urea groups is 1. The first kappa shape index (κ1) is 9.91. The lowest BCUT2D eigenvalue weighted by atomic mass is 10.4. The number of hydrogen-bond acceptors (Lipinski definition) is 5. The first-order valence-electron chi connectivity index (χ1n) is 4.89. The Morgan fingerprint density at radius 1 is 1.38 bits per heavy atom. The van der Waals surface area contributed by atoms with Crippen LogP contribution in [0.2, 0.25) is 0 Å². The van der Waals surface area contributed by atoms with Crippen molar-refractivity contribution in [1.82, 2.24) is 20.2 Å². The highest BCUT2D eigenvalue weighted by Gasteiger charge is 2.48. The molecule has 0 aromatic rings. The molecule has 2 saturated heterocycles. The van der Waals surface area contributed by atoms with Crippen molar-refractivity contribution in [3.05, 3.63) is 0 Å². The van der Waals surface area contributed by atoms with E-state index in [-0.39, 0.29) is 24.3 Å². The Balaban J connectivity index is 1.97. The van der Waals surface area contributed by atoms with Crippen molar-refractivity contribution in [1.29, 1.82) is 0 Å². The quantitative estimate of drug-likeness (QED) is 0.596. The summed E-state index contributed by atoms with van der Waals surface area (Å²) in [6.45, 7) is 0. The molecule has 8 heteroatoms. The summed E-state index contributed by atoms with van der Waals surface area (Å²) in [5, 5.41) is 2.09. The third-order valence-corrected chi connectivity index (χ3v) is 3.91. The number of nitrogens with zero attached hydrogens (tertiary/aromatic N) is 4. The lowest BCUT2D eigenvalue weighted by molar-refractivity contribution is -0.127. The number of rotatable bonds is 0. The summed E-state index contributed by atoms with van der Waals surface area (Å²) in [6, 6.07) is -0.0922. The Bertz CT molecular complexity index is 411. The van der Waals surface area contributed by atoms with Crippen molar-refractivity contribution < 1.29 is 9.59 Å². The van der Waals surface area contributed by atoms with Crippen LogP contribution in [0.1, 0.15) is 0 Å². The number of amidine groups is 1. The van der Waals surface area contributed by atoms with Gasteiger partial charge in [0.1, 0.15) is 6.17 Å². The number of fused-ring (bicyclic) bond motifs is 2. The molecule has 3 aliphatic rings. The van der Waals surface area contributed by atoms with E-state index in [1.807, 2.05) is 0 Å². The van der Waals surface area contributed by atoms with Crippen molar-refractivity contribution in [2.24, 2.45) is 4.99 Å². The number of amides is 3. The van der Waals surface area contributed by atoms with Gasteiger partial charge in [-0.05, 0) is 0 Å². The second-order valence-corrected chi connectivity index (χ2v) is 4.86. The normalized spacial score (nSPS) is 33.1. The van der Waals surface area contributed by atoms with Crippen LogP contribution in [0.3, 0.4) is 0 Å². The van der Waals surface area contributed by atoms with E-state index in [2.05, 4.69) is 10.4 Å². The molecule has 2 fully saturated rings. The van der Waals surface area contributed by atoms with Gasteiger partial charge in [0.15, 0.2) is 11.3 Å². The summed E-state index contributed by atoms with van der Waals surface area (Å²) in [6.07, 6.45) is -0.508. The Labute approximate surface area is 96.4 Å². The molecule has 0 spiro atoms. The number of nitrogens with one attached hydrogen (secondary N) is 1. The summed E-state index contributed by atoms with van der Waals surface area (Å²) < 4.78 is 0. The summed E-state index contributed by atoms with van der Waals surface area (Å²) in [4.78, 5) is 30.8. The van der Waals surface area contributed by atoms with Crippen molar-refractivity contribution in [3.63, 3.8) is 0 Å². The number of thioether (sulfide) groups is 1. The molecule has 0 saturated carbocycles. The molecule has 0 aromatic heterocycles. The first-order chi connectivity index (χ1) is 7.59. The molecule has 86 valence electrons. The molecule has 2 atom stereocenters. The van der Waals surface area contributed by atoms with Crippen LogP contribution in [0, 0.1) is 0 Å². The van der Waals surface area contributed by atoms with Gasteiger partial charge in [0.25, 0.3) is 5.91 Å². The van der Waals surface area contributed by atoms with Crippen LogP contribution in [-0.4, -0.2) is 64.1 Å². The van der Waals surface area contributed by atoms with Gasteiger partial charge in [-0.2, -0.15) is 5.43 Å². The van der Waals surface area contributed by atoms with Crippen LogP contribution in [0.5, 0.6) is 0 Å². The fraction of sp³-hybridized carbons (Fsp3) is 0.625. The zero-order chi connectivity index (χ0) is 11.4. The van der Waals surface area contributed by atoms with Gasteiger partial charge >= 0.3 is 6.03 Å². The number of likely N-dealkylation sites (N-methyl/N-ethyl adjacent to an activating group) is 2. The average Bonchev–Trinajstić information content (AvgIpc) is 2.74. The highest BCUT2D eigenvalue weighted by atomic mass is 32.2. The Morgan fingerprint density at radius 2 is 2.12 bits per heavy atom. The molecule has 2 unspecified atom stereocenters. The Morgan fingerprint density at radius 3 is 2.88 bits per heavy atom. The summed E-state index contributed by atoms with van der Waals surface area (Å²) >= 11 is 1.40. The maximum Gasteiger partial charge on any atom is 0.322 e. The summed E-state index contributed by atoms with van der Waals surface area (Å²) in [5.41, 5.74) is 3.03. The standard InChI is InChI=1S/C8H11N5O2S/c1-11-5-6(12(2)8(11)15)10-13-4(14)3-16-7(13)9-5/h5-6,10H,3H2,1-2H3. The molecule has 0 aliphatic carbocycles. The summed E-state index contributed by atoms with van der Waals surface area (Å²) in [7, 11) is 3.41. The SMILES string of the molecule is CN1C(=O)N(C)C2NN3C(=O)CSC3=NC21. The molecule has 0 bridgehead atoms. The smallest absolute Gasteiger partial charge is 0.306 e. The molecule has 3 heterocycles. The molecule has 0 aromatic carbocycles. The molecular weight excluding hydrogens is 230 g/mol. The van der Waals surface area contributed by atoms with Crippen LogP contribution in [0.15, 0.2) is 4.99 Å². The van der Waals surface area contributed by atoms with E-state index in [1.54, 1.807) is 23.9 Å². The Kier molecular flexibility index (Phi) is 1.93. The molecule has 3 amide bonds. The van der Waals surface area contributed by atoms with Crippen LogP contribution in [0.4, 0.5) is 4.79 Å². The second kappa shape index (κ2) is 3.11. The first-order valence-corrected chi connectivity index (χ1v) is 5.87. The van der Waals surface area contributed by atoms with E-state index in [9.17, 15) is 9.59 Å². The predicted octanol–water partition coefficient (Wildman–Crippen LogP) is -0.915. The summed E-state index contributed by atoms with van der Waals surface area (Å²) in [5.74, 6) is 0.393. The van der Waals surface area contributed by atoms with Gasteiger partial charge in [-0.1, -0.05) is 11.8 Å². The number of hydrazine groups is 1. The zero-order valence-electron chi connectivity index (χ0n) is 8.88. The number of aliphatic imine (C=N–C) groups is 1. The molecule has 7 nitrogen and oxygen atoms in total. The lowest BCUT2D eigenvalue weighted by Crippen LogP contribution is -2.59. The fourth-order valence-corrected chi connectivity index (χ4v) is 2.88. The van der Waals surface area contributed by atoms with E-state index >= 15 is 0 Å². The van der Waals surface area contributed by atoms with Crippen LogP contribution < -0.4 is 5.43 Å². The minimum atomic E-state index is -0.260. The van der Waals surface area contributed by atoms with Gasteiger partial charge < -0.3 is 9.80 Å². The minimum Gasteiger partial charge on any atom is -0.306 e. The van der Waals surface area contributed by atoms with E-state index in [4.69, 9.17) is 0 Å². The third-order valence-electron chi connectivity index (χ3n) is 2.97. The van der Waals surface area contributed by atoms with Crippen LogP contribution in [0.25, 0.3) is 0 Å². The van der Waals surface area contributed by atoms with Gasteiger partial charge in [0, 0.05) is 14.1 Å². The topological polar surface area (TPSA) is 68.2 Å². The van der Waals surface area contributed by atoms with Crippen LogP contribution >= 0.6 is 11.8 Å². The molecular formula is C8H11N5O2S. The van der Waals surface area contributed by atoms with E-state index in [0.717, 1.165) is 0 Å². The molecule has 0 radical (unpaired) electrons. The van der Waals surface area contributed by atoms with Crippen molar-refractivity contribution >= 4 is 28.9 Å². The molecule has 3 rings (SSSR count). The minimum absolute atomic E-state index is 0.0161. The number of carbonyl (C=O) groups excluding carboxylic acids is 2. The maximum absolute atomic E-state index is 11.7. The second-order valence-electron chi connectivity index (χ2n) is 3.92. The van der Waals surface area contributed by atoms with Crippen molar-refractivity contribution in [3.8, 4) is 0 Å². The molecule has 3 aliphatic heterocycles. The largest absolute Gasteiger partial charge is 0.322 e. The van der Waals surface area contributed by atoms with Gasteiger partial charge in [0.2, 0.25) is 0 Å². The van der Waals surface area contributed by atoms with E-state index in [0.29, 0.717) is 10.9 Å². The van der Waals surface area contributed by atoms with E-state index in [1.165, 1.54) is 16.8 Å². The third kappa shape index (κ3) is 1.11. The Hall–Kier alpha value is -1.28. The van der Waals surface area contributed by atoms with Gasteiger partial charge in [-0.15, -0.1) is 0 Å². The van der Waals surface area contributed by atoms with Crippen LogP contribution in [-0.2, 0) is 4.79 Å². The maximum atomic E-state index is 11.7. The highest BCUT2D eigenvalue weighted by Crippen LogP contribution is 2.28. The highest BCUT2D eigenvalue weighted by molar-refractivity contribution is 8.15. The fourth-order valence-electron chi connectivity index (χ4n) is 2.03. The number of carbonyl (C=O) groups is 2. The zero-order valence-corrected chi connectivity index (χ0v) is 9.69. The predicted molar refractivity (Wildman–Crippen MR) is 58.4 cm³/mol. The van der Waals surface area contributed by atoms with Gasteiger partial charge in [-0.3, -0.25) is 4.79 Å². The molecule has 16 heavy (non-hydrogen) atoms. The lowest BCUT2D eigenvalue weighted by Gasteiger charge is -2.32. The van der Waals surface area contributed by atoms with Crippen molar-refractivity contribution in [2.75, 3.05) is 19.8 Å². The average molecular weight is 241 g/mol. The number of hydrogen-bond donors (Lipinski definition) is 1. The van der Waals surface area contributed by atoms with Gasteiger partial charge in [-0.25, -0.2) is 14.8 Å². The van der Waals surface area contributed by atoms with E-state index < -0.39 is 0 Å². The monoisotopic (exact) mass is 241 g/mol. The van der Waals surface area contributed by atoms with Gasteiger partial charge in [0.05, 0.1) is 5.75 Å².